The van der Waals surface area contributed by atoms with Gasteiger partial charge >= 0.3 is 0 Å². The minimum absolute atomic E-state index is 0.0868. The summed E-state index contributed by atoms with van der Waals surface area (Å²) in [6, 6.07) is -0.601. The maximum Gasteiger partial charge on any atom is 0.265 e. The summed E-state index contributed by atoms with van der Waals surface area (Å²) in [5, 5.41) is 0. The molecule has 0 aromatic rings. The van der Waals surface area contributed by atoms with Crippen molar-refractivity contribution >= 4 is 0 Å². The number of rotatable bonds is 3. The van der Waals surface area contributed by atoms with Gasteiger partial charge in [-0.15, -0.1) is 0 Å². The van der Waals surface area contributed by atoms with Crippen LogP contribution < -0.4 is 5.73 Å². The van der Waals surface area contributed by atoms with Gasteiger partial charge in [0, 0.05) is 19.0 Å². The van der Waals surface area contributed by atoms with E-state index in [4.69, 9.17) is 10.5 Å². The molecule has 0 spiro atoms. The molecule has 1 saturated carbocycles. The van der Waals surface area contributed by atoms with Gasteiger partial charge in [-0.2, -0.15) is 0 Å². The Balaban J connectivity index is 1.87. The Hall–Kier alpha value is -0.260. The molecule has 1 heterocycles. The van der Waals surface area contributed by atoms with Crippen LogP contribution in [0.5, 0.6) is 0 Å². The Morgan fingerprint density at radius 3 is 2.60 bits per heavy atom. The molecule has 0 aromatic carbocycles. The van der Waals surface area contributed by atoms with Crippen LogP contribution in [0.15, 0.2) is 0 Å². The highest BCUT2D eigenvalue weighted by Gasteiger charge is 2.45. The van der Waals surface area contributed by atoms with Crippen LogP contribution in [0.4, 0.5) is 8.78 Å². The van der Waals surface area contributed by atoms with E-state index in [9.17, 15) is 8.78 Å². The van der Waals surface area contributed by atoms with Crippen LogP contribution >= 0.6 is 0 Å². The number of halogens is 2. The molecule has 0 amide bonds. The Labute approximate surface area is 120 Å². The van der Waals surface area contributed by atoms with Gasteiger partial charge in [-0.1, -0.05) is 0 Å². The van der Waals surface area contributed by atoms with Gasteiger partial charge in [-0.05, 0) is 52.5 Å². The topological polar surface area (TPSA) is 38.5 Å². The molecule has 0 unspecified atom stereocenters. The first kappa shape index (κ1) is 16.1. The predicted molar refractivity (Wildman–Crippen MR) is 76.0 cm³/mol. The van der Waals surface area contributed by atoms with E-state index >= 15 is 0 Å². The highest BCUT2D eigenvalue weighted by Crippen LogP contribution is 2.35. The zero-order chi connectivity index (χ0) is 14.8. The fourth-order valence-electron chi connectivity index (χ4n) is 3.30. The van der Waals surface area contributed by atoms with Gasteiger partial charge in [-0.25, -0.2) is 8.78 Å². The third kappa shape index (κ3) is 3.89. The van der Waals surface area contributed by atoms with Gasteiger partial charge in [0.25, 0.3) is 5.92 Å². The number of ether oxygens (including phenoxy) is 1. The average Bonchev–Trinajstić information content (AvgIpc) is 2.60. The summed E-state index contributed by atoms with van der Waals surface area (Å²) in [6.07, 6.45) is 3.64. The van der Waals surface area contributed by atoms with Gasteiger partial charge in [0.05, 0.1) is 18.2 Å². The Kier molecular flexibility index (Phi) is 5.37. The minimum atomic E-state index is -2.77. The van der Waals surface area contributed by atoms with Crippen molar-refractivity contribution in [1.82, 2.24) is 4.90 Å². The van der Waals surface area contributed by atoms with E-state index in [2.05, 4.69) is 18.7 Å². The Morgan fingerprint density at radius 2 is 1.90 bits per heavy atom. The second-order valence-corrected chi connectivity index (χ2v) is 6.54. The van der Waals surface area contributed by atoms with E-state index in [1.165, 1.54) is 0 Å². The summed E-state index contributed by atoms with van der Waals surface area (Å²) in [6.45, 7) is 6.45. The first-order valence-corrected chi connectivity index (χ1v) is 7.93. The first-order chi connectivity index (χ1) is 9.40. The lowest BCUT2D eigenvalue weighted by Crippen LogP contribution is -2.54. The van der Waals surface area contributed by atoms with Crippen molar-refractivity contribution in [3.05, 3.63) is 0 Å². The van der Waals surface area contributed by atoms with Crippen molar-refractivity contribution in [3.63, 3.8) is 0 Å². The summed E-state index contributed by atoms with van der Waals surface area (Å²) < 4.78 is 33.2. The molecule has 2 rings (SSSR count). The van der Waals surface area contributed by atoms with E-state index in [1.54, 1.807) is 0 Å². The molecule has 118 valence electrons. The molecular weight excluding hydrogens is 262 g/mol. The summed E-state index contributed by atoms with van der Waals surface area (Å²) >= 11 is 0. The molecular formula is C15H28F2N2O. The predicted octanol–water partition coefficient (Wildman–Crippen LogP) is 2.78. The monoisotopic (exact) mass is 290 g/mol. The summed E-state index contributed by atoms with van der Waals surface area (Å²) in [5.74, 6) is -2.77. The largest absolute Gasteiger partial charge is 0.373 e. The van der Waals surface area contributed by atoms with Crippen molar-refractivity contribution in [1.29, 1.82) is 0 Å². The SMILES string of the molecule is CC(C)N1CCC[C@H](O[C@H]2CCCC(F)(F)[C@@H]2N)CC1. The van der Waals surface area contributed by atoms with Crippen LogP contribution in [0.3, 0.4) is 0 Å². The molecule has 0 aromatic heterocycles. The number of alkyl halides is 2. The van der Waals surface area contributed by atoms with Gasteiger partial charge in [-0.3, -0.25) is 0 Å². The van der Waals surface area contributed by atoms with Crippen molar-refractivity contribution in [2.45, 2.75) is 82.6 Å². The van der Waals surface area contributed by atoms with Gasteiger partial charge < -0.3 is 15.4 Å². The Bertz CT molecular complexity index is 312. The third-order valence-electron chi connectivity index (χ3n) is 4.69. The maximum atomic E-state index is 13.6. The van der Waals surface area contributed by atoms with E-state index in [0.29, 0.717) is 18.9 Å². The van der Waals surface area contributed by atoms with Crippen molar-refractivity contribution < 1.29 is 13.5 Å². The molecule has 1 saturated heterocycles. The second-order valence-electron chi connectivity index (χ2n) is 6.54. The second kappa shape index (κ2) is 6.67. The number of likely N-dealkylation sites (tertiary alicyclic amines) is 1. The van der Waals surface area contributed by atoms with E-state index in [1.807, 2.05) is 0 Å². The fraction of sp³-hybridized carbons (Fsp3) is 1.00. The summed E-state index contributed by atoms with van der Waals surface area (Å²) in [5.41, 5.74) is 5.70. The molecule has 0 bridgehead atoms. The zero-order valence-corrected chi connectivity index (χ0v) is 12.7. The quantitative estimate of drug-likeness (QED) is 0.868. The smallest absolute Gasteiger partial charge is 0.265 e. The maximum absolute atomic E-state index is 13.6. The van der Waals surface area contributed by atoms with Crippen molar-refractivity contribution in [2.75, 3.05) is 13.1 Å². The number of hydrogen-bond acceptors (Lipinski definition) is 3. The normalized spacial score (nSPS) is 36.0. The molecule has 3 nitrogen and oxygen atoms in total. The molecule has 1 aliphatic heterocycles. The fourth-order valence-corrected chi connectivity index (χ4v) is 3.30. The van der Waals surface area contributed by atoms with Crippen LogP contribution in [-0.4, -0.2) is 48.2 Å². The van der Waals surface area contributed by atoms with Gasteiger partial charge in [0.2, 0.25) is 0 Å². The Morgan fingerprint density at radius 1 is 1.15 bits per heavy atom. The summed E-state index contributed by atoms with van der Waals surface area (Å²) in [4.78, 5) is 2.43. The lowest BCUT2D eigenvalue weighted by Gasteiger charge is -2.37. The number of hydrogen-bond donors (Lipinski definition) is 1. The lowest BCUT2D eigenvalue weighted by atomic mass is 9.89. The van der Waals surface area contributed by atoms with Gasteiger partial charge in [0.1, 0.15) is 0 Å². The average molecular weight is 290 g/mol. The lowest BCUT2D eigenvalue weighted by molar-refractivity contribution is -0.134. The van der Waals surface area contributed by atoms with Gasteiger partial charge in [0.15, 0.2) is 0 Å². The number of nitrogens with two attached hydrogens (primary N) is 1. The molecule has 20 heavy (non-hydrogen) atoms. The van der Waals surface area contributed by atoms with Crippen LogP contribution in [0.1, 0.15) is 52.4 Å². The zero-order valence-electron chi connectivity index (χ0n) is 12.7. The molecule has 1 aliphatic carbocycles. The van der Waals surface area contributed by atoms with Crippen molar-refractivity contribution in [2.24, 2.45) is 5.73 Å². The first-order valence-electron chi connectivity index (χ1n) is 7.93. The van der Waals surface area contributed by atoms with Crippen LogP contribution in [0, 0.1) is 0 Å². The standard InChI is InChI=1S/C15H28F2N2O/c1-11(2)19-9-4-5-12(7-10-19)20-13-6-3-8-15(16,17)14(13)18/h11-14H,3-10,18H2,1-2H3/t12-,13-,14+/m0/s1. The van der Waals surface area contributed by atoms with E-state index < -0.39 is 18.1 Å². The number of nitrogens with zero attached hydrogens (tertiary/aromatic N) is 1. The van der Waals surface area contributed by atoms with Crippen LogP contribution in [-0.2, 0) is 4.74 Å². The highest BCUT2D eigenvalue weighted by molar-refractivity contribution is 4.92. The van der Waals surface area contributed by atoms with Crippen LogP contribution in [0.25, 0.3) is 0 Å². The third-order valence-corrected chi connectivity index (χ3v) is 4.69. The molecule has 5 heteroatoms. The molecule has 2 aliphatic rings. The molecule has 3 atom stereocenters. The van der Waals surface area contributed by atoms with Crippen molar-refractivity contribution in [3.8, 4) is 0 Å². The highest BCUT2D eigenvalue weighted by atomic mass is 19.3. The van der Waals surface area contributed by atoms with E-state index in [-0.39, 0.29) is 12.5 Å². The molecule has 0 radical (unpaired) electrons. The van der Waals surface area contributed by atoms with Crippen LogP contribution in [0.2, 0.25) is 0 Å². The van der Waals surface area contributed by atoms with E-state index in [0.717, 1.165) is 32.4 Å². The minimum Gasteiger partial charge on any atom is -0.373 e. The molecule has 2 fully saturated rings. The summed E-state index contributed by atoms with van der Waals surface area (Å²) in [7, 11) is 0. The molecule has 2 N–H and O–H groups in total.